The Balaban J connectivity index is 2.32. The van der Waals surface area contributed by atoms with Crippen LogP contribution in [0.4, 0.5) is 5.69 Å². The van der Waals surface area contributed by atoms with Crippen LogP contribution in [0.25, 0.3) is 0 Å². The van der Waals surface area contributed by atoms with Gasteiger partial charge in [-0.3, -0.25) is 4.79 Å². The van der Waals surface area contributed by atoms with Crippen molar-refractivity contribution in [2.45, 2.75) is 6.42 Å². The summed E-state index contributed by atoms with van der Waals surface area (Å²) in [7, 11) is 0. The lowest BCUT2D eigenvalue weighted by atomic mass is 10.3. The Morgan fingerprint density at radius 1 is 1.43 bits per heavy atom. The molecule has 4 heteroatoms. The molecule has 0 unspecified atom stereocenters. The Bertz CT molecular complexity index is 380. The van der Waals surface area contributed by atoms with E-state index in [-0.39, 0.29) is 5.78 Å². The standard InChI is InChI=1S/C10H9BrClNO/c11-10-8(12)2-1-3-9(10)13-5-4-7(14)6-13/h1-3H,4-6H2. The lowest BCUT2D eigenvalue weighted by molar-refractivity contribution is -0.116. The van der Waals surface area contributed by atoms with Gasteiger partial charge in [-0.2, -0.15) is 0 Å². The normalized spacial score (nSPS) is 16.4. The number of nitrogens with zero attached hydrogens (tertiary/aromatic N) is 1. The molecule has 1 aliphatic heterocycles. The first-order chi connectivity index (χ1) is 6.68. The highest BCUT2D eigenvalue weighted by Crippen LogP contribution is 2.33. The molecule has 0 bridgehead atoms. The molecule has 1 fully saturated rings. The van der Waals surface area contributed by atoms with Crippen molar-refractivity contribution in [3.63, 3.8) is 0 Å². The number of benzene rings is 1. The lowest BCUT2D eigenvalue weighted by Gasteiger charge is -2.18. The zero-order valence-corrected chi connectivity index (χ0v) is 9.81. The molecule has 2 nitrogen and oxygen atoms in total. The summed E-state index contributed by atoms with van der Waals surface area (Å²) in [4.78, 5) is 13.2. The van der Waals surface area contributed by atoms with Crippen molar-refractivity contribution < 1.29 is 4.79 Å². The summed E-state index contributed by atoms with van der Waals surface area (Å²) in [5.74, 6) is 0.289. The predicted octanol–water partition coefficient (Wildman–Crippen LogP) is 2.88. The van der Waals surface area contributed by atoms with Crippen LogP contribution in [-0.4, -0.2) is 18.9 Å². The topological polar surface area (TPSA) is 20.3 Å². The first-order valence-electron chi connectivity index (χ1n) is 4.39. The van der Waals surface area contributed by atoms with Crippen molar-refractivity contribution in [1.82, 2.24) is 0 Å². The first kappa shape index (κ1) is 9.99. The van der Waals surface area contributed by atoms with Crippen molar-refractivity contribution in [2.75, 3.05) is 18.0 Å². The van der Waals surface area contributed by atoms with Crippen molar-refractivity contribution in [3.8, 4) is 0 Å². The summed E-state index contributed by atoms with van der Waals surface area (Å²) in [6.45, 7) is 1.29. The molecule has 2 rings (SSSR count). The molecule has 0 spiro atoms. The molecule has 1 aliphatic rings. The molecular formula is C10H9BrClNO. The maximum atomic E-state index is 11.1. The number of halogens is 2. The van der Waals surface area contributed by atoms with Crippen LogP contribution >= 0.6 is 27.5 Å². The molecule has 0 aliphatic carbocycles. The molecular weight excluding hydrogens is 265 g/mol. The van der Waals surface area contributed by atoms with Crippen molar-refractivity contribution in [2.24, 2.45) is 0 Å². The number of carbonyl (C=O) groups excluding carboxylic acids is 1. The van der Waals surface area contributed by atoms with E-state index in [2.05, 4.69) is 15.9 Å². The average molecular weight is 275 g/mol. The highest BCUT2D eigenvalue weighted by Gasteiger charge is 2.21. The summed E-state index contributed by atoms with van der Waals surface area (Å²) in [5.41, 5.74) is 1.00. The van der Waals surface area contributed by atoms with E-state index in [9.17, 15) is 4.79 Å². The summed E-state index contributed by atoms with van der Waals surface area (Å²) < 4.78 is 0.872. The van der Waals surface area contributed by atoms with Gasteiger partial charge in [0.15, 0.2) is 5.78 Å². The second-order valence-electron chi connectivity index (χ2n) is 3.28. The number of hydrogen-bond donors (Lipinski definition) is 0. The highest BCUT2D eigenvalue weighted by molar-refractivity contribution is 9.10. The second kappa shape index (κ2) is 3.91. The van der Waals surface area contributed by atoms with Gasteiger partial charge in [0.25, 0.3) is 0 Å². The van der Waals surface area contributed by atoms with Gasteiger partial charge in [0.2, 0.25) is 0 Å². The van der Waals surface area contributed by atoms with Gasteiger partial charge in [-0.15, -0.1) is 0 Å². The molecule has 1 aromatic rings. The number of rotatable bonds is 1. The summed E-state index contributed by atoms with van der Waals surface area (Å²) >= 11 is 9.40. The Labute approximate surface area is 96.0 Å². The Morgan fingerprint density at radius 3 is 2.86 bits per heavy atom. The van der Waals surface area contributed by atoms with Crippen molar-refractivity contribution >= 4 is 39.0 Å². The first-order valence-corrected chi connectivity index (χ1v) is 5.56. The molecule has 14 heavy (non-hydrogen) atoms. The summed E-state index contributed by atoms with van der Waals surface area (Å²) in [6.07, 6.45) is 0.638. The van der Waals surface area contributed by atoms with E-state index in [1.165, 1.54) is 0 Å². The van der Waals surface area contributed by atoms with Gasteiger partial charge < -0.3 is 4.90 Å². The quantitative estimate of drug-likeness (QED) is 0.785. The Morgan fingerprint density at radius 2 is 2.21 bits per heavy atom. The fraction of sp³-hybridized carbons (Fsp3) is 0.300. The molecule has 0 radical (unpaired) electrons. The number of hydrogen-bond acceptors (Lipinski definition) is 2. The SMILES string of the molecule is O=C1CCN(c2cccc(Cl)c2Br)C1. The molecule has 74 valence electrons. The highest BCUT2D eigenvalue weighted by atomic mass is 79.9. The fourth-order valence-electron chi connectivity index (χ4n) is 1.57. The third-order valence-electron chi connectivity index (χ3n) is 2.30. The molecule has 0 saturated carbocycles. The molecule has 1 heterocycles. The third kappa shape index (κ3) is 1.79. The zero-order chi connectivity index (χ0) is 10.1. The third-order valence-corrected chi connectivity index (χ3v) is 3.68. The fourth-order valence-corrected chi connectivity index (χ4v) is 2.26. The number of anilines is 1. The maximum Gasteiger partial charge on any atom is 0.153 e. The molecule has 1 aromatic carbocycles. The molecule has 1 saturated heterocycles. The van der Waals surface area contributed by atoms with Gasteiger partial charge in [0.1, 0.15) is 0 Å². The molecule has 0 amide bonds. The van der Waals surface area contributed by atoms with Gasteiger partial charge in [-0.05, 0) is 28.1 Å². The van der Waals surface area contributed by atoms with E-state index < -0.39 is 0 Å². The second-order valence-corrected chi connectivity index (χ2v) is 4.48. The largest absolute Gasteiger partial charge is 0.363 e. The molecule has 0 N–H and O–H groups in total. The minimum atomic E-state index is 0.289. The maximum absolute atomic E-state index is 11.1. The van der Waals surface area contributed by atoms with Crippen LogP contribution in [0.2, 0.25) is 5.02 Å². The minimum absolute atomic E-state index is 0.289. The summed E-state index contributed by atoms with van der Waals surface area (Å²) in [5, 5.41) is 0.682. The lowest BCUT2D eigenvalue weighted by Crippen LogP contribution is -2.19. The Kier molecular flexibility index (Phi) is 2.79. The minimum Gasteiger partial charge on any atom is -0.363 e. The van der Waals surface area contributed by atoms with E-state index in [0.29, 0.717) is 18.0 Å². The number of ketones is 1. The van der Waals surface area contributed by atoms with E-state index >= 15 is 0 Å². The smallest absolute Gasteiger partial charge is 0.153 e. The number of Topliss-reactive ketones (excluding diaryl/α,β-unsaturated/α-hetero) is 1. The molecule has 0 aromatic heterocycles. The van der Waals surface area contributed by atoms with Gasteiger partial charge in [0.05, 0.1) is 21.7 Å². The van der Waals surface area contributed by atoms with Crippen LogP contribution in [0.1, 0.15) is 6.42 Å². The van der Waals surface area contributed by atoms with Crippen LogP contribution in [0.15, 0.2) is 22.7 Å². The van der Waals surface area contributed by atoms with Crippen LogP contribution < -0.4 is 4.90 Å². The van der Waals surface area contributed by atoms with Crippen LogP contribution in [-0.2, 0) is 4.79 Å². The van der Waals surface area contributed by atoms with E-state index in [1.54, 1.807) is 0 Å². The monoisotopic (exact) mass is 273 g/mol. The van der Waals surface area contributed by atoms with E-state index in [0.717, 1.165) is 16.7 Å². The van der Waals surface area contributed by atoms with Crippen LogP contribution in [0.5, 0.6) is 0 Å². The van der Waals surface area contributed by atoms with Gasteiger partial charge in [0, 0.05) is 13.0 Å². The average Bonchev–Trinajstić information content (AvgIpc) is 2.57. The van der Waals surface area contributed by atoms with Crippen molar-refractivity contribution in [1.29, 1.82) is 0 Å². The van der Waals surface area contributed by atoms with Crippen LogP contribution in [0, 0.1) is 0 Å². The van der Waals surface area contributed by atoms with Crippen LogP contribution in [0.3, 0.4) is 0 Å². The van der Waals surface area contributed by atoms with Gasteiger partial charge >= 0.3 is 0 Å². The Hall–Kier alpha value is -0.540. The molecule has 0 atom stereocenters. The number of carbonyl (C=O) groups is 1. The summed E-state index contributed by atoms with van der Waals surface area (Å²) in [6, 6.07) is 5.69. The zero-order valence-electron chi connectivity index (χ0n) is 7.46. The predicted molar refractivity (Wildman–Crippen MR) is 61.0 cm³/mol. The van der Waals surface area contributed by atoms with E-state index in [4.69, 9.17) is 11.6 Å². The van der Waals surface area contributed by atoms with Crippen molar-refractivity contribution in [3.05, 3.63) is 27.7 Å². The van der Waals surface area contributed by atoms with Gasteiger partial charge in [-0.25, -0.2) is 0 Å². The van der Waals surface area contributed by atoms with Gasteiger partial charge in [-0.1, -0.05) is 17.7 Å². The van der Waals surface area contributed by atoms with E-state index in [1.807, 2.05) is 23.1 Å².